The molecule has 114 valence electrons. The molecule has 1 fully saturated rings. The number of aliphatic imine (C=N–C) groups is 1. The molecule has 0 amide bonds. The summed E-state index contributed by atoms with van der Waals surface area (Å²) in [5.74, 6) is 1.46. The van der Waals surface area contributed by atoms with Gasteiger partial charge < -0.3 is 15.6 Å². The van der Waals surface area contributed by atoms with Gasteiger partial charge in [0.25, 0.3) is 0 Å². The summed E-state index contributed by atoms with van der Waals surface area (Å²) in [5, 5.41) is 7.37. The second-order valence-electron chi connectivity index (χ2n) is 5.07. The Bertz CT molecular complexity index is 417. The van der Waals surface area contributed by atoms with Gasteiger partial charge in [-0.25, -0.2) is 4.99 Å². The third-order valence-electron chi connectivity index (χ3n) is 3.72. The van der Waals surface area contributed by atoms with Crippen LogP contribution in [0.5, 0.6) is 0 Å². The molecular weight excluding hydrogens is 367 g/mol. The van der Waals surface area contributed by atoms with Crippen LogP contribution in [0, 0.1) is 0 Å². The molecule has 1 aliphatic rings. The highest BCUT2D eigenvalue weighted by Gasteiger charge is 2.16. The minimum atomic E-state index is 0. The predicted molar refractivity (Wildman–Crippen MR) is 91.4 cm³/mol. The van der Waals surface area contributed by atoms with Crippen molar-refractivity contribution in [2.45, 2.75) is 65.0 Å². The highest BCUT2D eigenvalue weighted by Crippen LogP contribution is 2.18. The zero-order valence-electron chi connectivity index (χ0n) is 12.3. The molecule has 0 bridgehead atoms. The molecule has 0 atom stereocenters. The number of aromatic nitrogens is 1. The van der Waals surface area contributed by atoms with E-state index in [1.54, 1.807) is 0 Å². The van der Waals surface area contributed by atoms with Crippen LogP contribution in [0.1, 0.15) is 56.5 Å². The van der Waals surface area contributed by atoms with Crippen LogP contribution in [0.4, 0.5) is 0 Å². The van der Waals surface area contributed by atoms with E-state index in [-0.39, 0.29) is 24.0 Å². The quantitative estimate of drug-likeness (QED) is 0.459. The predicted octanol–water partition coefficient (Wildman–Crippen LogP) is 2.76. The van der Waals surface area contributed by atoms with Crippen molar-refractivity contribution in [3.63, 3.8) is 0 Å². The van der Waals surface area contributed by atoms with Crippen molar-refractivity contribution in [1.29, 1.82) is 0 Å². The summed E-state index contributed by atoms with van der Waals surface area (Å²) >= 11 is 0. The molecule has 20 heavy (non-hydrogen) atoms. The smallest absolute Gasteiger partial charge is 0.189 e. The van der Waals surface area contributed by atoms with E-state index in [1.807, 2.05) is 0 Å². The zero-order chi connectivity index (χ0) is 13.7. The first kappa shape index (κ1) is 17.3. The number of aryl methyl sites for hydroxylation is 2. The molecule has 0 radical (unpaired) electrons. The van der Waals surface area contributed by atoms with Crippen molar-refractivity contribution in [2.24, 2.45) is 10.7 Å². The number of halogens is 1. The molecule has 0 saturated heterocycles. The van der Waals surface area contributed by atoms with Gasteiger partial charge in [-0.2, -0.15) is 0 Å². The number of hydrogen-bond acceptors (Lipinski definition) is 3. The summed E-state index contributed by atoms with van der Waals surface area (Å²) in [4.78, 5) is 4.43. The van der Waals surface area contributed by atoms with Crippen LogP contribution in [-0.4, -0.2) is 17.2 Å². The second-order valence-corrected chi connectivity index (χ2v) is 5.07. The Labute approximate surface area is 137 Å². The van der Waals surface area contributed by atoms with Gasteiger partial charge in [-0.1, -0.05) is 31.8 Å². The second kappa shape index (κ2) is 8.49. The highest BCUT2D eigenvalue weighted by molar-refractivity contribution is 14.0. The van der Waals surface area contributed by atoms with Crippen molar-refractivity contribution >= 4 is 29.9 Å². The van der Waals surface area contributed by atoms with Gasteiger partial charge in [0.2, 0.25) is 0 Å². The molecule has 0 aliphatic heterocycles. The van der Waals surface area contributed by atoms with E-state index in [0.717, 1.165) is 29.9 Å². The molecular formula is C14H25IN4O. The zero-order valence-corrected chi connectivity index (χ0v) is 14.6. The average molecular weight is 392 g/mol. The summed E-state index contributed by atoms with van der Waals surface area (Å²) in [5.41, 5.74) is 8.03. The number of nitrogens with one attached hydrogen (secondary N) is 1. The molecule has 0 aromatic carbocycles. The van der Waals surface area contributed by atoms with Crippen molar-refractivity contribution in [3.8, 4) is 0 Å². The minimum absolute atomic E-state index is 0. The summed E-state index contributed by atoms with van der Waals surface area (Å²) in [7, 11) is 0. The standard InChI is InChI=1S/C14H24N4O.HI/c1-3-12-11(13(4-2)19-18-12)9-16-14(15)17-10-7-5-6-8-10;/h10H,3-9H2,1-2H3,(H3,15,16,17);1H. The maximum absolute atomic E-state index is 5.94. The Morgan fingerprint density at radius 2 is 2.05 bits per heavy atom. The van der Waals surface area contributed by atoms with E-state index in [1.165, 1.54) is 25.7 Å². The van der Waals surface area contributed by atoms with E-state index in [2.05, 4.69) is 29.3 Å². The number of nitrogens with two attached hydrogens (primary N) is 1. The van der Waals surface area contributed by atoms with Crippen molar-refractivity contribution in [3.05, 3.63) is 17.0 Å². The molecule has 0 unspecified atom stereocenters. The number of hydrogen-bond donors (Lipinski definition) is 2. The Kier molecular flexibility index (Phi) is 7.32. The van der Waals surface area contributed by atoms with E-state index in [0.29, 0.717) is 18.5 Å². The van der Waals surface area contributed by atoms with Crippen LogP contribution in [0.25, 0.3) is 0 Å². The first-order chi connectivity index (χ1) is 9.24. The van der Waals surface area contributed by atoms with Gasteiger partial charge in [0.1, 0.15) is 5.76 Å². The van der Waals surface area contributed by atoms with Gasteiger partial charge in [0, 0.05) is 18.0 Å². The van der Waals surface area contributed by atoms with Crippen LogP contribution >= 0.6 is 24.0 Å². The maximum Gasteiger partial charge on any atom is 0.189 e. The van der Waals surface area contributed by atoms with Gasteiger partial charge in [0.15, 0.2) is 5.96 Å². The van der Waals surface area contributed by atoms with Crippen LogP contribution in [0.3, 0.4) is 0 Å². The third kappa shape index (κ3) is 4.36. The average Bonchev–Trinajstić information content (AvgIpc) is 3.04. The lowest BCUT2D eigenvalue weighted by atomic mass is 10.1. The molecule has 3 N–H and O–H groups in total. The SMILES string of the molecule is CCc1noc(CC)c1CN=C(N)NC1CCCC1.I. The molecule has 1 aliphatic carbocycles. The van der Waals surface area contributed by atoms with Crippen LogP contribution in [0.15, 0.2) is 9.52 Å². The van der Waals surface area contributed by atoms with Gasteiger partial charge in [-0.15, -0.1) is 24.0 Å². The molecule has 0 spiro atoms. The fourth-order valence-corrected chi connectivity index (χ4v) is 2.61. The fraction of sp³-hybridized carbons (Fsp3) is 0.714. The molecule has 1 heterocycles. The Hall–Kier alpha value is -0.790. The molecule has 1 aromatic rings. The van der Waals surface area contributed by atoms with Crippen LogP contribution in [-0.2, 0) is 19.4 Å². The Morgan fingerprint density at radius 3 is 2.65 bits per heavy atom. The lowest BCUT2D eigenvalue weighted by Gasteiger charge is -2.12. The van der Waals surface area contributed by atoms with E-state index in [9.17, 15) is 0 Å². The summed E-state index contributed by atoms with van der Waals surface area (Å²) in [6.07, 6.45) is 6.68. The first-order valence-corrected chi connectivity index (χ1v) is 7.27. The number of guanidine groups is 1. The highest BCUT2D eigenvalue weighted by atomic mass is 127. The Morgan fingerprint density at radius 1 is 1.35 bits per heavy atom. The van der Waals surface area contributed by atoms with E-state index >= 15 is 0 Å². The van der Waals surface area contributed by atoms with Crippen LogP contribution < -0.4 is 11.1 Å². The van der Waals surface area contributed by atoms with Gasteiger partial charge in [-0.3, -0.25) is 0 Å². The number of nitrogens with zero attached hydrogens (tertiary/aromatic N) is 2. The largest absolute Gasteiger partial charge is 0.370 e. The lowest BCUT2D eigenvalue weighted by Crippen LogP contribution is -2.38. The lowest BCUT2D eigenvalue weighted by molar-refractivity contribution is 0.380. The summed E-state index contributed by atoms with van der Waals surface area (Å²) in [6, 6.07) is 0.502. The Balaban J connectivity index is 0.00000200. The molecule has 2 rings (SSSR count). The van der Waals surface area contributed by atoms with Gasteiger partial charge >= 0.3 is 0 Å². The summed E-state index contributed by atoms with van der Waals surface area (Å²) in [6.45, 7) is 4.69. The molecule has 5 nitrogen and oxygen atoms in total. The normalized spacial score (nSPS) is 16.2. The maximum atomic E-state index is 5.94. The first-order valence-electron chi connectivity index (χ1n) is 7.27. The van der Waals surface area contributed by atoms with Gasteiger partial charge in [0.05, 0.1) is 12.2 Å². The third-order valence-corrected chi connectivity index (χ3v) is 3.72. The molecule has 6 heteroatoms. The van der Waals surface area contributed by atoms with Crippen molar-refractivity contribution in [2.75, 3.05) is 0 Å². The van der Waals surface area contributed by atoms with Crippen molar-refractivity contribution < 1.29 is 4.52 Å². The molecule has 1 aromatic heterocycles. The van der Waals surface area contributed by atoms with E-state index in [4.69, 9.17) is 10.3 Å². The van der Waals surface area contributed by atoms with Crippen molar-refractivity contribution in [1.82, 2.24) is 10.5 Å². The fourth-order valence-electron chi connectivity index (χ4n) is 2.61. The molecule has 1 saturated carbocycles. The topological polar surface area (TPSA) is 76.4 Å². The minimum Gasteiger partial charge on any atom is -0.370 e. The monoisotopic (exact) mass is 392 g/mol. The van der Waals surface area contributed by atoms with Crippen LogP contribution in [0.2, 0.25) is 0 Å². The van der Waals surface area contributed by atoms with Gasteiger partial charge in [-0.05, 0) is 19.3 Å². The summed E-state index contributed by atoms with van der Waals surface area (Å²) < 4.78 is 5.32. The number of rotatable bonds is 5. The van der Waals surface area contributed by atoms with E-state index < -0.39 is 0 Å².